The molecule has 0 amide bonds. The van der Waals surface area contributed by atoms with Crippen LogP contribution in [0.3, 0.4) is 0 Å². The fourth-order valence-electron chi connectivity index (χ4n) is 1.98. The molecule has 0 aromatic heterocycles. The topological polar surface area (TPSA) is 129 Å². The fraction of sp³-hybridized carbons (Fsp3) is 1.00. The van der Waals surface area contributed by atoms with Gasteiger partial charge in [-0.15, -0.1) is 0 Å². The first-order valence-electron chi connectivity index (χ1n) is 8.50. The molecule has 0 spiro atoms. The summed E-state index contributed by atoms with van der Waals surface area (Å²) in [6.45, 7) is 11.7. The minimum absolute atomic E-state index is 0.690. The van der Waals surface area contributed by atoms with Crippen LogP contribution in [0.25, 0.3) is 0 Å². The van der Waals surface area contributed by atoms with Crippen LogP contribution < -0.4 is 38.5 Å². The Morgan fingerprint density at radius 1 is 0.545 bits per heavy atom. The van der Waals surface area contributed by atoms with Gasteiger partial charge in [0.25, 0.3) is 0 Å². The number of nitrogens with two attached hydrogens (primary N) is 3. The van der Waals surface area contributed by atoms with Gasteiger partial charge >= 0.3 is 0 Å². The lowest BCUT2D eigenvalue weighted by Gasteiger charge is -2.22. The molecular formula is C14H38N8. The summed E-state index contributed by atoms with van der Waals surface area (Å²) in [6.07, 6.45) is 1.01. The second-order valence-corrected chi connectivity index (χ2v) is 5.25. The molecule has 0 aromatic carbocycles. The first-order valence-corrected chi connectivity index (χ1v) is 8.50. The molecule has 0 atom stereocenters. The smallest absolute Gasteiger partial charge is 0.0481 e. The monoisotopic (exact) mass is 318 g/mol. The van der Waals surface area contributed by atoms with Crippen molar-refractivity contribution < 1.29 is 0 Å². The van der Waals surface area contributed by atoms with Crippen molar-refractivity contribution in [3.63, 3.8) is 0 Å². The van der Waals surface area contributed by atoms with Crippen LogP contribution in [0.15, 0.2) is 0 Å². The largest absolute Gasteiger partial charge is 0.330 e. The number of hydrogen-bond acceptors (Lipinski definition) is 8. The Hall–Kier alpha value is -0.320. The molecule has 134 valence electrons. The lowest BCUT2D eigenvalue weighted by Crippen LogP contribution is -2.42. The van der Waals surface area contributed by atoms with Gasteiger partial charge in [0, 0.05) is 72.1 Å². The van der Waals surface area contributed by atoms with Crippen molar-refractivity contribution >= 4 is 0 Å². The summed E-state index contributed by atoms with van der Waals surface area (Å²) in [6, 6.07) is 0. The Kier molecular flexibility index (Phi) is 18.5. The normalized spacial score (nSPS) is 11.5. The fourth-order valence-corrected chi connectivity index (χ4v) is 1.98. The molecule has 0 unspecified atom stereocenters. The Labute approximate surface area is 135 Å². The Morgan fingerprint density at radius 3 is 1.77 bits per heavy atom. The van der Waals surface area contributed by atoms with Crippen LogP contribution in [0.1, 0.15) is 6.42 Å². The number of nitrogens with one attached hydrogen (secondary N) is 4. The first kappa shape index (κ1) is 21.7. The number of nitrogens with zero attached hydrogens (tertiary/aromatic N) is 1. The summed E-state index contributed by atoms with van der Waals surface area (Å²) in [5.41, 5.74) is 16.5. The minimum atomic E-state index is 0.690. The minimum Gasteiger partial charge on any atom is -0.330 e. The summed E-state index contributed by atoms with van der Waals surface area (Å²) < 4.78 is 0. The standard InChI is InChI=1S/C14H38N8/c15-2-1-5-21-14-22(12-4-17)13-11-20-10-9-19-8-7-18-6-3-16/h18-21H,1-17H2. The van der Waals surface area contributed by atoms with Crippen LogP contribution in [0, 0.1) is 0 Å². The van der Waals surface area contributed by atoms with Gasteiger partial charge in [-0.05, 0) is 19.5 Å². The van der Waals surface area contributed by atoms with Gasteiger partial charge < -0.3 is 38.5 Å². The average molecular weight is 319 g/mol. The van der Waals surface area contributed by atoms with E-state index < -0.39 is 0 Å². The van der Waals surface area contributed by atoms with Gasteiger partial charge in [-0.3, -0.25) is 4.90 Å². The summed E-state index contributed by atoms with van der Waals surface area (Å²) in [5.74, 6) is 0. The van der Waals surface area contributed by atoms with Gasteiger partial charge in [0.2, 0.25) is 0 Å². The van der Waals surface area contributed by atoms with Gasteiger partial charge in [0.05, 0.1) is 0 Å². The summed E-state index contributed by atoms with van der Waals surface area (Å²) in [7, 11) is 0. The van der Waals surface area contributed by atoms with Crippen molar-refractivity contribution in [3.05, 3.63) is 0 Å². The van der Waals surface area contributed by atoms with Crippen molar-refractivity contribution in [1.82, 2.24) is 26.2 Å². The highest BCUT2D eigenvalue weighted by Gasteiger charge is 2.02. The molecule has 22 heavy (non-hydrogen) atoms. The molecule has 0 saturated heterocycles. The van der Waals surface area contributed by atoms with Crippen LogP contribution in [0.2, 0.25) is 0 Å². The highest BCUT2D eigenvalue weighted by molar-refractivity contribution is 4.61. The molecule has 8 heteroatoms. The van der Waals surface area contributed by atoms with E-state index in [1.54, 1.807) is 0 Å². The second-order valence-electron chi connectivity index (χ2n) is 5.25. The summed E-state index contributed by atoms with van der Waals surface area (Å²) in [4.78, 5) is 2.33. The van der Waals surface area contributed by atoms with Crippen molar-refractivity contribution in [2.24, 2.45) is 17.2 Å². The van der Waals surface area contributed by atoms with Crippen LogP contribution in [0.5, 0.6) is 0 Å². The SMILES string of the molecule is NCCCNCN(CCN)CCNCCNCCNCCN. The quantitative estimate of drug-likeness (QED) is 0.104. The van der Waals surface area contributed by atoms with Crippen LogP contribution in [0.4, 0.5) is 0 Å². The van der Waals surface area contributed by atoms with E-state index in [0.29, 0.717) is 13.1 Å². The Morgan fingerprint density at radius 2 is 1.18 bits per heavy atom. The maximum absolute atomic E-state index is 5.65. The van der Waals surface area contributed by atoms with E-state index >= 15 is 0 Å². The third kappa shape index (κ3) is 16.1. The predicted molar refractivity (Wildman–Crippen MR) is 94.8 cm³/mol. The highest BCUT2D eigenvalue weighted by atomic mass is 15.2. The molecule has 0 fully saturated rings. The molecule has 0 aliphatic carbocycles. The zero-order valence-corrected chi connectivity index (χ0v) is 14.1. The van der Waals surface area contributed by atoms with E-state index in [1.807, 2.05) is 0 Å². The van der Waals surface area contributed by atoms with Crippen LogP contribution in [-0.4, -0.2) is 90.1 Å². The van der Waals surface area contributed by atoms with E-state index in [0.717, 1.165) is 78.5 Å². The van der Waals surface area contributed by atoms with E-state index in [2.05, 4.69) is 26.2 Å². The third-order valence-corrected chi connectivity index (χ3v) is 3.22. The maximum Gasteiger partial charge on any atom is 0.0481 e. The zero-order chi connectivity index (χ0) is 16.3. The van der Waals surface area contributed by atoms with Crippen LogP contribution >= 0.6 is 0 Å². The molecule has 0 bridgehead atoms. The van der Waals surface area contributed by atoms with Gasteiger partial charge in [0.1, 0.15) is 0 Å². The Balaban J connectivity index is 3.36. The summed E-state index contributed by atoms with van der Waals surface area (Å²) >= 11 is 0. The Bertz CT molecular complexity index is 205. The lowest BCUT2D eigenvalue weighted by atomic mass is 10.4. The molecule has 0 aliphatic rings. The van der Waals surface area contributed by atoms with Crippen molar-refractivity contribution in [2.45, 2.75) is 6.42 Å². The molecule has 0 radical (unpaired) electrons. The first-order chi connectivity index (χ1) is 10.8. The molecule has 0 aromatic rings. The third-order valence-electron chi connectivity index (χ3n) is 3.22. The molecule has 10 N–H and O–H groups in total. The van der Waals surface area contributed by atoms with E-state index in [-0.39, 0.29) is 0 Å². The highest BCUT2D eigenvalue weighted by Crippen LogP contribution is 1.83. The molecule has 8 nitrogen and oxygen atoms in total. The molecule has 0 aliphatic heterocycles. The van der Waals surface area contributed by atoms with Gasteiger partial charge in [-0.25, -0.2) is 0 Å². The molecule has 0 heterocycles. The van der Waals surface area contributed by atoms with Crippen molar-refractivity contribution in [3.8, 4) is 0 Å². The van der Waals surface area contributed by atoms with E-state index in [4.69, 9.17) is 17.2 Å². The lowest BCUT2D eigenvalue weighted by molar-refractivity contribution is 0.259. The molecule has 0 saturated carbocycles. The van der Waals surface area contributed by atoms with E-state index in [9.17, 15) is 0 Å². The van der Waals surface area contributed by atoms with Crippen LogP contribution in [-0.2, 0) is 0 Å². The number of hydrogen-bond donors (Lipinski definition) is 7. The van der Waals surface area contributed by atoms with Crippen molar-refractivity contribution in [2.75, 3.05) is 85.2 Å². The van der Waals surface area contributed by atoms with Gasteiger partial charge in [-0.2, -0.15) is 0 Å². The zero-order valence-electron chi connectivity index (χ0n) is 14.1. The van der Waals surface area contributed by atoms with Crippen molar-refractivity contribution in [1.29, 1.82) is 0 Å². The van der Waals surface area contributed by atoms with Gasteiger partial charge in [-0.1, -0.05) is 0 Å². The molecular weight excluding hydrogens is 280 g/mol. The second kappa shape index (κ2) is 18.7. The maximum atomic E-state index is 5.65. The molecule has 0 rings (SSSR count). The predicted octanol–water partition coefficient (Wildman–Crippen LogP) is -3.13. The average Bonchev–Trinajstić information content (AvgIpc) is 2.53. The summed E-state index contributed by atoms with van der Waals surface area (Å²) in [5, 5.41) is 13.5. The van der Waals surface area contributed by atoms with E-state index in [1.165, 1.54) is 0 Å². The van der Waals surface area contributed by atoms with Gasteiger partial charge in [0.15, 0.2) is 0 Å². The number of rotatable bonds is 18.